The van der Waals surface area contributed by atoms with Crippen LogP contribution in [0.3, 0.4) is 0 Å². The Hall–Kier alpha value is -3.37. The summed E-state index contributed by atoms with van der Waals surface area (Å²) in [5.41, 5.74) is 6.74. The van der Waals surface area contributed by atoms with Crippen molar-refractivity contribution in [3.63, 3.8) is 0 Å². The molecule has 4 aromatic rings. The van der Waals surface area contributed by atoms with Gasteiger partial charge in [-0.1, -0.05) is 60.2 Å². The maximum absolute atomic E-state index is 12.9. The van der Waals surface area contributed by atoms with Gasteiger partial charge in [-0.2, -0.15) is 0 Å². The fourth-order valence-corrected chi connectivity index (χ4v) is 4.39. The van der Waals surface area contributed by atoms with Gasteiger partial charge in [0.25, 0.3) is 0 Å². The quantitative estimate of drug-likeness (QED) is 0.517. The van der Waals surface area contributed by atoms with E-state index in [1.807, 2.05) is 49.4 Å². The topological polar surface area (TPSA) is 43.9 Å². The SMILES string of the molecule is Cc1ccc(C[NH+]2COc3ccc4c(C)c(Cc5ccccc5)c(=O)oc4c3C2)cc1. The van der Waals surface area contributed by atoms with E-state index in [4.69, 9.17) is 9.15 Å². The van der Waals surface area contributed by atoms with Crippen molar-refractivity contribution in [3.05, 3.63) is 111 Å². The molecule has 0 saturated carbocycles. The summed E-state index contributed by atoms with van der Waals surface area (Å²) in [6.07, 6.45) is 0.573. The van der Waals surface area contributed by atoms with E-state index >= 15 is 0 Å². The molecule has 0 aliphatic carbocycles. The first-order valence-corrected chi connectivity index (χ1v) is 10.7. The molecule has 2 heterocycles. The van der Waals surface area contributed by atoms with Gasteiger partial charge in [-0.15, -0.1) is 0 Å². The summed E-state index contributed by atoms with van der Waals surface area (Å²) >= 11 is 0. The standard InChI is InChI=1S/C27H25NO3/c1-18-8-10-21(11-9-18)15-28-16-24-25(30-17-28)13-12-22-19(2)23(27(29)31-26(22)24)14-20-6-4-3-5-7-20/h3-13H,14-17H2,1-2H3/p+1. The molecule has 0 fully saturated rings. The molecule has 3 aromatic carbocycles. The highest BCUT2D eigenvalue weighted by atomic mass is 16.5. The lowest BCUT2D eigenvalue weighted by atomic mass is 9.97. The van der Waals surface area contributed by atoms with Crippen LogP contribution in [-0.2, 0) is 19.5 Å². The highest BCUT2D eigenvalue weighted by Crippen LogP contribution is 2.31. The average molecular weight is 413 g/mol. The monoisotopic (exact) mass is 412 g/mol. The van der Waals surface area contributed by atoms with Crippen LogP contribution < -0.4 is 15.3 Å². The van der Waals surface area contributed by atoms with Gasteiger partial charge in [0.05, 0.1) is 5.56 Å². The van der Waals surface area contributed by atoms with Gasteiger partial charge in [-0.05, 0) is 37.1 Å². The third-order valence-corrected chi connectivity index (χ3v) is 6.17. The lowest BCUT2D eigenvalue weighted by Crippen LogP contribution is -3.10. The largest absolute Gasteiger partial charge is 0.445 e. The number of hydrogen-bond donors (Lipinski definition) is 1. The van der Waals surface area contributed by atoms with E-state index in [9.17, 15) is 4.79 Å². The Morgan fingerprint density at radius 1 is 0.903 bits per heavy atom. The Labute approximate surface area is 181 Å². The molecule has 5 rings (SSSR count). The van der Waals surface area contributed by atoms with Gasteiger partial charge >= 0.3 is 5.63 Å². The Bertz CT molecular complexity index is 1290. The second kappa shape index (κ2) is 8.05. The molecular formula is C27H26NO3+. The second-order valence-corrected chi connectivity index (χ2v) is 8.45. The molecule has 156 valence electrons. The van der Waals surface area contributed by atoms with Crippen LogP contribution in [-0.4, -0.2) is 6.73 Å². The van der Waals surface area contributed by atoms with Crippen molar-refractivity contribution in [2.45, 2.75) is 33.4 Å². The Balaban J connectivity index is 1.50. The Morgan fingerprint density at radius 3 is 2.45 bits per heavy atom. The lowest BCUT2D eigenvalue weighted by molar-refractivity contribution is -0.945. The summed E-state index contributed by atoms with van der Waals surface area (Å²) in [6.45, 7) is 6.35. The van der Waals surface area contributed by atoms with Crippen LogP contribution >= 0.6 is 0 Å². The Kier molecular flexibility index (Phi) is 5.08. The van der Waals surface area contributed by atoms with Gasteiger partial charge in [0.15, 0.2) is 5.58 Å². The van der Waals surface area contributed by atoms with Crippen molar-refractivity contribution in [2.24, 2.45) is 0 Å². The molecule has 1 aromatic heterocycles. The number of nitrogens with one attached hydrogen (secondary N) is 1. The molecule has 1 aliphatic heterocycles. The van der Waals surface area contributed by atoms with Crippen LogP contribution in [0.5, 0.6) is 5.75 Å². The molecule has 1 aliphatic rings. The number of ether oxygens (including phenoxy) is 1. The summed E-state index contributed by atoms with van der Waals surface area (Å²) in [5.74, 6) is 0.818. The van der Waals surface area contributed by atoms with Crippen molar-refractivity contribution in [2.75, 3.05) is 6.73 Å². The zero-order valence-electron chi connectivity index (χ0n) is 17.9. The van der Waals surface area contributed by atoms with E-state index in [0.717, 1.165) is 46.5 Å². The fraction of sp³-hybridized carbons (Fsp3) is 0.222. The highest BCUT2D eigenvalue weighted by molar-refractivity contribution is 5.86. The van der Waals surface area contributed by atoms with Crippen molar-refractivity contribution in [1.29, 1.82) is 0 Å². The van der Waals surface area contributed by atoms with Crippen molar-refractivity contribution in [3.8, 4) is 5.75 Å². The molecule has 1 unspecified atom stereocenters. The van der Waals surface area contributed by atoms with Gasteiger partial charge in [0, 0.05) is 22.9 Å². The van der Waals surface area contributed by atoms with Crippen molar-refractivity contribution >= 4 is 11.0 Å². The summed E-state index contributed by atoms with van der Waals surface area (Å²) < 4.78 is 12.0. The van der Waals surface area contributed by atoms with Crippen LogP contribution in [0.15, 0.2) is 75.9 Å². The predicted molar refractivity (Wildman–Crippen MR) is 122 cm³/mol. The number of rotatable bonds is 4. The van der Waals surface area contributed by atoms with Crippen molar-refractivity contribution in [1.82, 2.24) is 0 Å². The van der Waals surface area contributed by atoms with E-state index < -0.39 is 0 Å². The van der Waals surface area contributed by atoms with Crippen LogP contribution in [0, 0.1) is 13.8 Å². The van der Waals surface area contributed by atoms with Gasteiger partial charge < -0.3 is 9.15 Å². The third kappa shape index (κ3) is 3.87. The first kappa shape index (κ1) is 19.6. The summed E-state index contributed by atoms with van der Waals surface area (Å²) in [6, 6.07) is 22.7. The maximum Gasteiger partial charge on any atom is 0.340 e. The minimum Gasteiger partial charge on any atom is -0.445 e. The van der Waals surface area contributed by atoms with Gasteiger partial charge in [0.1, 0.15) is 18.8 Å². The molecule has 0 saturated heterocycles. The Morgan fingerprint density at radius 2 is 1.68 bits per heavy atom. The number of hydrogen-bond acceptors (Lipinski definition) is 3. The third-order valence-electron chi connectivity index (χ3n) is 6.17. The van der Waals surface area contributed by atoms with Gasteiger partial charge in [0.2, 0.25) is 6.73 Å². The molecule has 0 bridgehead atoms. The molecule has 1 N–H and O–H groups in total. The fourth-order valence-electron chi connectivity index (χ4n) is 4.39. The lowest BCUT2D eigenvalue weighted by Gasteiger charge is -2.27. The normalized spacial score (nSPS) is 15.5. The molecule has 4 heteroatoms. The highest BCUT2D eigenvalue weighted by Gasteiger charge is 2.26. The summed E-state index contributed by atoms with van der Waals surface area (Å²) in [7, 11) is 0. The first-order valence-electron chi connectivity index (χ1n) is 10.7. The number of fused-ring (bicyclic) bond motifs is 3. The number of aryl methyl sites for hydroxylation is 2. The van der Waals surface area contributed by atoms with E-state index in [1.165, 1.54) is 16.0 Å². The minimum atomic E-state index is -0.257. The van der Waals surface area contributed by atoms with E-state index in [0.29, 0.717) is 18.7 Å². The molecule has 0 spiro atoms. The average Bonchev–Trinajstić information content (AvgIpc) is 2.79. The molecule has 1 atom stereocenters. The number of benzene rings is 3. The van der Waals surface area contributed by atoms with E-state index in [-0.39, 0.29) is 5.63 Å². The first-order chi connectivity index (χ1) is 15.1. The smallest absolute Gasteiger partial charge is 0.340 e. The van der Waals surface area contributed by atoms with E-state index in [2.05, 4.69) is 31.2 Å². The van der Waals surface area contributed by atoms with Gasteiger partial charge in [-0.3, -0.25) is 4.90 Å². The zero-order valence-corrected chi connectivity index (χ0v) is 17.9. The zero-order chi connectivity index (χ0) is 21.4. The van der Waals surface area contributed by atoms with Crippen LogP contribution in [0.2, 0.25) is 0 Å². The minimum absolute atomic E-state index is 0.257. The molecule has 31 heavy (non-hydrogen) atoms. The summed E-state index contributed by atoms with van der Waals surface area (Å²) in [5, 5.41) is 0.990. The number of quaternary nitrogens is 1. The molecule has 4 nitrogen and oxygen atoms in total. The van der Waals surface area contributed by atoms with Crippen LogP contribution in [0.4, 0.5) is 0 Å². The molecule has 0 radical (unpaired) electrons. The van der Waals surface area contributed by atoms with Gasteiger partial charge in [-0.25, -0.2) is 4.79 Å². The predicted octanol–water partition coefficient (Wildman–Crippen LogP) is 3.94. The summed E-state index contributed by atoms with van der Waals surface area (Å²) in [4.78, 5) is 14.2. The second-order valence-electron chi connectivity index (χ2n) is 8.45. The molecule has 0 amide bonds. The van der Waals surface area contributed by atoms with Crippen LogP contribution in [0.25, 0.3) is 11.0 Å². The van der Waals surface area contributed by atoms with E-state index in [1.54, 1.807) is 0 Å². The van der Waals surface area contributed by atoms with Crippen molar-refractivity contribution < 1.29 is 14.1 Å². The maximum atomic E-state index is 12.9. The molecular weight excluding hydrogens is 386 g/mol. The van der Waals surface area contributed by atoms with Crippen LogP contribution in [0.1, 0.15) is 33.4 Å².